The highest BCUT2D eigenvalue weighted by Crippen LogP contribution is 2.17. The van der Waals surface area contributed by atoms with Crippen LogP contribution in [0.25, 0.3) is 0 Å². The van der Waals surface area contributed by atoms with Gasteiger partial charge in [-0.15, -0.1) is 11.3 Å². The van der Waals surface area contributed by atoms with E-state index >= 15 is 0 Å². The minimum absolute atomic E-state index is 0.0249. The number of rotatable bonds is 9. The first-order valence-electron chi connectivity index (χ1n) is 8.86. The predicted molar refractivity (Wildman–Crippen MR) is 111 cm³/mol. The highest BCUT2D eigenvalue weighted by Gasteiger charge is 2.10. The smallest absolute Gasteiger partial charge is 0.213 e. The summed E-state index contributed by atoms with van der Waals surface area (Å²) >= 11 is 1.63. The number of sulfonamides is 1. The maximum absolute atomic E-state index is 12.2. The molecule has 0 fully saturated rings. The van der Waals surface area contributed by atoms with Crippen LogP contribution in [0, 0.1) is 13.8 Å². The van der Waals surface area contributed by atoms with Crippen molar-refractivity contribution in [1.82, 2.24) is 20.3 Å². The molecule has 9 heteroatoms. The number of guanidine groups is 1. The second kappa shape index (κ2) is 10.4. The van der Waals surface area contributed by atoms with Crippen LogP contribution in [0.2, 0.25) is 0 Å². The molecular weight excluding hydrogens is 382 g/mol. The van der Waals surface area contributed by atoms with Crippen LogP contribution >= 0.6 is 11.3 Å². The number of hydrogen-bond donors (Lipinski definition) is 3. The topological polar surface area (TPSA) is 95.5 Å². The Hall–Kier alpha value is -1.97. The standard InChI is InChI=1S/C18H27N5O2S2/c1-4-19-18(21-13-17-14(2)23-15(3)26-17)20-10-11-27(24,25)22-12-16-8-6-5-7-9-16/h5-9,22H,4,10-13H2,1-3H3,(H2,19,20,21). The number of aromatic nitrogens is 1. The van der Waals surface area contributed by atoms with E-state index < -0.39 is 10.0 Å². The lowest BCUT2D eigenvalue weighted by Crippen LogP contribution is -2.41. The van der Waals surface area contributed by atoms with Crippen molar-refractivity contribution in [3.63, 3.8) is 0 Å². The van der Waals surface area contributed by atoms with Crippen molar-refractivity contribution in [2.75, 3.05) is 18.8 Å². The molecule has 0 spiro atoms. The third kappa shape index (κ3) is 7.66. The second-order valence-corrected chi connectivity index (χ2v) is 9.20. The van der Waals surface area contributed by atoms with Gasteiger partial charge in [-0.2, -0.15) is 0 Å². The molecule has 148 valence electrons. The highest BCUT2D eigenvalue weighted by atomic mass is 32.2. The van der Waals surface area contributed by atoms with E-state index in [1.54, 1.807) is 11.3 Å². The first-order chi connectivity index (χ1) is 12.9. The van der Waals surface area contributed by atoms with E-state index in [9.17, 15) is 8.42 Å². The van der Waals surface area contributed by atoms with Crippen molar-refractivity contribution in [1.29, 1.82) is 0 Å². The number of aryl methyl sites for hydroxylation is 2. The first kappa shape index (κ1) is 21.3. The zero-order valence-electron chi connectivity index (χ0n) is 15.9. The molecule has 27 heavy (non-hydrogen) atoms. The molecule has 1 aromatic heterocycles. The number of hydrogen-bond acceptors (Lipinski definition) is 5. The van der Waals surface area contributed by atoms with Gasteiger partial charge < -0.3 is 10.6 Å². The number of nitrogens with one attached hydrogen (secondary N) is 3. The quantitative estimate of drug-likeness (QED) is 0.434. The Morgan fingerprint density at radius 3 is 2.56 bits per heavy atom. The van der Waals surface area contributed by atoms with Crippen LogP contribution in [-0.2, 0) is 23.1 Å². The zero-order chi connectivity index (χ0) is 19.7. The lowest BCUT2D eigenvalue weighted by atomic mass is 10.2. The van der Waals surface area contributed by atoms with Crippen molar-refractivity contribution in [3.8, 4) is 0 Å². The maximum atomic E-state index is 12.2. The fourth-order valence-electron chi connectivity index (χ4n) is 2.38. The summed E-state index contributed by atoms with van der Waals surface area (Å²) in [7, 11) is -3.36. The molecule has 0 aliphatic carbocycles. The Morgan fingerprint density at radius 2 is 1.93 bits per heavy atom. The third-order valence-electron chi connectivity index (χ3n) is 3.73. The maximum Gasteiger partial charge on any atom is 0.213 e. The molecular formula is C18H27N5O2S2. The molecule has 0 atom stereocenters. The molecule has 1 heterocycles. The molecule has 2 aromatic rings. The normalized spacial score (nSPS) is 12.2. The van der Waals surface area contributed by atoms with Crippen LogP contribution in [0.15, 0.2) is 35.3 Å². The van der Waals surface area contributed by atoms with Crippen molar-refractivity contribution < 1.29 is 8.42 Å². The molecule has 0 unspecified atom stereocenters. The minimum atomic E-state index is -3.36. The summed E-state index contributed by atoms with van der Waals surface area (Å²) in [6.07, 6.45) is 0. The van der Waals surface area contributed by atoms with Gasteiger partial charge in [0.05, 0.1) is 23.0 Å². The summed E-state index contributed by atoms with van der Waals surface area (Å²) in [5.41, 5.74) is 1.92. The summed E-state index contributed by atoms with van der Waals surface area (Å²) in [5, 5.41) is 7.23. The average molecular weight is 410 g/mol. The molecule has 0 amide bonds. The van der Waals surface area contributed by atoms with Crippen LogP contribution < -0.4 is 15.4 Å². The number of nitrogens with zero attached hydrogens (tertiary/aromatic N) is 2. The van der Waals surface area contributed by atoms with Crippen LogP contribution in [0.5, 0.6) is 0 Å². The van der Waals surface area contributed by atoms with Crippen molar-refractivity contribution in [3.05, 3.63) is 51.5 Å². The Labute approximate surface area is 165 Å². The third-order valence-corrected chi connectivity index (χ3v) is 6.11. The van der Waals surface area contributed by atoms with Crippen molar-refractivity contribution >= 4 is 27.3 Å². The lowest BCUT2D eigenvalue weighted by Gasteiger charge is -2.12. The van der Waals surface area contributed by atoms with E-state index in [2.05, 4.69) is 25.3 Å². The fraction of sp³-hybridized carbons (Fsp3) is 0.444. The molecule has 0 aliphatic rings. The number of thiazole rings is 1. The molecule has 1 aromatic carbocycles. The summed E-state index contributed by atoms with van der Waals surface area (Å²) < 4.78 is 26.9. The largest absolute Gasteiger partial charge is 0.357 e. The fourth-order valence-corrected chi connectivity index (χ4v) is 4.14. The molecule has 0 aliphatic heterocycles. The SMILES string of the molecule is CCNC(=NCc1sc(C)nc1C)NCCS(=O)(=O)NCc1ccccc1. The highest BCUT2D eigenvalue weighted by molar-refractivity contribution is 7.89. The van der Waals surface area contributed by atoms with E-state index in [-0.39, 0.29) is 12.3 Å². The summed E-state index contributed by atoms with van der Waals surface area (Å²) in [6, 6.07) is 9.45. The number of aliphatic imine (C=N–C) groups is 1. The molecule has 0 radical (unpaired) electrons. The van der Waals surface area contributed by atoms with Crippen LogP contribution in [0.3, 0.4) is 0 Å². The first-order valence-corrected chi connectivity index (χ1v) is 11.3. The predicted octanol–water partition coefficient (Wildman–Crippen LogP) is 1.93. The van der Waals surface area contributed by atoms with Gasteiger partial charge in [0.2, 0.25) is 10.0 Å². The van der Waals surface area contributed by atoms with Crippen LogP contribution in [0.4, 0.5) is 0 Å². The van der Waals surface area contributed by atoms with Crippen molar-refractivity contribution in [2.45, 2.75) is 33.9 Å². The van der Waals surface area contributed by atoms with Gasteiger partial charge in [-0.1, -0.05) is 30.3 Å². The molecule has 0 saturated heterocycles. The zero-order valence-corrected chi connectivity index (χ0v) is 17.6. The van der Waals surface area contributed by atoms with E-state index in [4.69, 9.17) is 0 Å². The number of benzene rings is 1. The Balaban J connectivity index is 1.83. The molecule has 7 nitrogen and oxygen atoms in total. The summed E-state index contributed by atoms with van der Waals surface area (Å²) in [6.45, 7) is 7.70. The minimum Gasteiger partial charge on any atom is -0.357 e. The van der Waals surface area contributed by atoms with Crippen LogP contribution in [0.1, 0.15) is 28.1 Å². The lowest BCUT2D eigenvalue weighted by molar-refractivity contribution is 0.580. The van der Waals surface area contributed by atoms with E-state index in [0.29, 0.717) is 25.6 Å². The molecule has 2 rings (SSSR count). The second-order valence-electron chi connectivity index (χ2n) is 5.99. The van der Waals surface area contributed by atoms with Gasteiger partial charge in [0, 0.05) is 24.5 Å². The average Bonchev–Trinajstić information content (AvgIpc) is 2.96. The van der Waals surface area contributed by atoms with Gasteiger partial charge >= 0.3 is 0 Å². The van der Waals surface area contributed by atoms with Crippen LogP contribution in [-0.4, -0.2) is 38.2 Å². The Morgan fingerprint density at radius 1 is 1.19 bits per heavy atom. The molecule has 3 N–H and O–H groups in total. The Kier molecular flexibility index (Phi) is 8.21. The summed E-state index contributed by atoms with van der Waals surface area (Å²) in [4.78, 5) is 10.0. The van der Waals surface area contributed by atoms with Crippen molar-refractivity contribution in [2.24, 2.45) is 4.99 Å². The Bertz CT molecular complexity index is 848. The van der Waals surface area contributed by atoms with Gasteiger partial charge in [-0.25, -0.2) is 23.1 Å². The van der Waals surface area contributed by atoms with Gasteiger partial charge in [0.15, 0.2) is 5.96 Å². The van der Waals surface area contributed by atoms with Gasteiger partial charge in [-0.05, 0) is 26.3 Å². The van der Waals surface area contributed by atoms with Gasteiger partial charge in [-0.3, -0.25) is 0 Å². The van der Waals surface area contributed by atoms with E-state index in [1.165, 1.54) is 0 Å². The molecule has 0 saturated carbocycles. The monoisotopic (exact) mass is 409 g/mol. The van der Waals surface area contributed by atoms with E-state index in [0.717, 1.165) is 21.1 Å². The summed E-state index contributed by atoms with van der Waals surface area (Å²) in [5.74, 6) is 0.573. The van der Waals surface area contributed by atoms with E-state index in [1.807, 2.05) is 51.1 Å². The van der Waals surface area contributed by atoms with Gasteiger partial charge in [0.1, 0.15) is 0 Å². The molecule has 0 bridgehead atoms. The van der Waals surface area contributed by atoms with Gasteiger partial charge in [0.25, 0.3) is 0 Å².